The summed E-state index contributed by atoms with van der Waals surface area (Å²) in [6, 6.07) is 11.3. The SMILES string of the molecule is CC(C)(C)c1ccc(-c2ccc(O)c3c2C[C@H]2CC4CC(=O)C(C(N)=O)=C(O)C4C(N=O)=C2C3=O)cc1. The number of hydrogen-bond donors (Lipinski definition) is 3. The van der Waals surface area contributed by atoms with E-state index in [0.29, 0.717) is 18.4 Å². The molecule has 2 aromatic carbocycles. The Labute approximate surface area is 213 Å². The summed E-state index contributed by atoms with van der Waals surface area (Å²) in [5.41, 5.74) is 8.29. The van der Waals surface area contributed by atoms with Gasteiger partial charge in [0, 0.05) is 12.0 Å². The summed E-state index contributed by atoms with van der Waals surface area (Å²) < 4.78 is 0. The molecular formula is C29H28N2O6. The molecular weight excluding hydrogens is 472 g/mol. The second-order valence-corrected chi connectivity index (χ2v) is 11.2. The molecule has 0 bridgehead atoms. The van der Waals surface area contributed by atoms with Crippen molar-refractivity contribution in [1.29, 1.82) is 0 Å². The lowest BCUT2D eigenvalue weighted by molar-refractivity contribution is -0.123. The van der Waals surface area contributed by atoms with Crippen LogP contribution in [0.15, 0.2) is 64.2 Å². The Bertz CT molecular complexity index is 1440. The average Bonchev–Trinajstić information content (AvgIpc) is 2.82. The number of aliphatic hydroxyl groups is 1. The number of phenolic OH excluding ortho intramolecular Hbond substituents is 1. The standard InChI is InChI=1S/C29H28N2O6/c1-29(2,3)16-6-4-13(5-7-16)17-8-9-19(32)23-18(17)11-14-10-15-12-20(33)24(28(30)36)27(35)22(15)25(31-37)21(14)26(23)34/h4-9,14-15,22,32,35H,10-12H2,1-3H3,(H2,30,36)/t14-,15?,22?/m1/s1. The fourth-order valence-electron chi connectivity index (χ4n) is 6.17. The smallest absolute Gasteiger partial charge is 0.255 e. The predicted octanol–water partition coefficient (Wildman–Crippen LogP) is 4.64. The second-order valence-electron chi connectivity index (χ2n) is 11.2. The van der Waals surface area contributed by atoms with Crippen LogP contribution in [0.3, 0.4) is 0 Å². The summed E-state index contributed by atoms with van der Waals surface area (Å²) >= 11 is 0. The minimum absolute atomic E-state index is 0.0226. The molecule has 2 aromatic rings. The number of hydrogen-bond acceptors (Lipinski definition) is 7. The van der Waals surface area contributed by atoms with Gasteiger partial charge in [-0.1, -0.05) is 51.1 Å². The molecule has 5 rings (SSSR count). The number of nitroso groups, excluding NO2 is 1. The van der Waals surface area contributed by atoms with E-state index in [1.54, 1.807) is 6.07 Å². The third-order valence-electron chi connectivity index (χ3n) is 7.93. The van der Waals surface area contributed by atoms with E-state index in [-0.39, 0.29) is 34.4 Å². The maximum Gasteiger partial charge on any atom is 0.255 e. The molecule has 190 valence electrons. The third-order valence-corrected chi connectivity index (χ3v) is 7.93. The number of ketones is 2. The highest BCUT2D eigenvalue weighted by atomic mass is 16.3. The van der Waals surface area contributed by atoms with E-state index < -0.39 is 46.6 Å². The topological polar surface area (TPSA) is 147 Å². The monoisotopic (exact) mass is 500 g/mol. The molecule has 3 atom stereocenters. The van der Waals surface area contributed by atoms with Crippen LogP contribution in [-0.2, 0) is 21.4 Å². The fraction of sp³-hybridized carbons (Fsp3) is 0.345. The van der Waals surface area contributed by atoms with E-state index in [9.17, 15) is 29.5 Å². The molecule has 2 unspecified atom stereocenters. The molecule has 0 radical (unpaired) electrons. The van der Waals surface area contributed by atoms with Crippen LogP contribution in [-0.4, -0.2) is 27.7 Å². The summed E-state index contributed by atoms with van der Waals surface area (Å²) in [6.07, 6.45) is 0.604. The van der Waals surface area contributed by atoms with Crippen molar-refractivity contribution in [2.45, 2.75) is 45.4 Å². The van der Waals surface area contributed by atoms with Crippen LogP contribution in [0.4, 0.5) is 0 Å². The van der Waals surface area contributed by atoms with Crippen molar-refractivity contribution in [3.63, 3.8) is 0 Å². The summed E-state index contributed by atoms with van der Waals surface area (Å²) in [5, 5.41) is 24.6. The van der Waals surface area contributed by atoms with Crippen molar-refractivity contribution in [3.8, 4) is 16.9 Å². The number of Topliss-reactive ketones (excluding diaryl/α,β-unsaturated/α-hetero) is 2. The summed E-state index contributed by atoms with van der Waals surface area (Å²) in [5.74, 6) is -5.01. The number of aliphatic hydroxyl groups excluding tert-OH is 1. The van der Waals surface area contributed by atoms with Crippen LogP contribution < -0.4 is 5.73 Å². The van der Waals surface area contributed by atoms with Crippen LogP contribution in [0.25, 0.3) is 11.1 Å². The molecule has 37 heavy (non-hydrogen) atoms. The number of carbonyl (C=O) groups is 3. The molecule has 3 aliphatic rings. The Balaban J connectivity index is 1.66. The van der Waals surface area contributed by atoms with Gasteiger partial charge in [0.2, 0.25) is 0 Å². The Morgan fingerprint density at radius 1 is 1.03 bits per heavy atom. The van der Waals surface area contributed by atoms with Crippen molar-refractivity contribution in [1.82, 2.24) is 0 Å². The molecule has 3 aliphatic carbocycles. The van der Waals surface area contributed by atoms with Gasteiger partial charge in [0.15, 0.2) is 11.6 Å². The summed E-state index contributed by atoms with van der Waals surface area (Å²) in [4.78, 5) is 50.2. The van der Waals surface area contributed by atoms with Crippen LogP contribution >= 0.6 is 0 Å². The molecule has 0 aliphatic heterocycles. The highest BCUT2D eigenvalue weighted by Gasteiger charge is 2.50. The minimum Gasteiger partial charge on any atom is -0.511 e. The number of fused-ring (bicyclic) bond motifs is 3. The zero-order valence-electron chi connectivity index (χ0n) is 20.9. The van der Waals surface area contributed by atoms with Gasteiger partial charge in [0.05, 0.1) is 11.5 Å². The molecule has 4 N–H and O–H groups in total. The first kappa shape index (κ1) is 24.6. The Morgan fingerprint density at radius 2 is 1.70 bits per heavy atom. The van der Waals surface area contributed by atoms with Crippen molar-refractivity contribution in [3.05, 3.63) is 80.6 Å². The molecule has 8 heteroatoms. The normalized spacial score (nSPS) is 23.4. The number of amides is 1. The van der Waals surface area contributed by atoms with Crippen LogP contribution in [0.1, 0.15) is 55.1 Å². The molecule has 8 nitrogen and oxygen atoms in total. The first-order valence-corrected chi connectivity index (χ1v) is 12.3. The van der Waals surface area contributed by atoms with Gasteiger partial charge in [0.1, 0.15) is 22.8 Å². The first-order valence-electron chi connectivity index (χ1n) is 12.3. The summed E-state index contributed by atoms with van der Waals surface area (Å²) in [6.45, 7) is 6.38. The number of carbonyl (C=O) groups excluding carboxylic acids is 3. The molecule has 0 saturated carbocycles. The Hall–Kier alpha value is -4.07. The Morgan fingerprint density at radius 3 is 2.30 bits per heavy atom. The number of nitrogens with zero attached hydrogens (tertiary/aromatic N) is 1. The first-order chi connectivity index (χ1) is 17.4. The highest BCUT2D eigenvalue weighted by Crippen LogP contribution is 2.52. The van der Waals surface area contributed by atoms with Crippen LogP contribution in [0.5, 0.6) is 5.75 Å². The molecule has 0 heterocycles. The van der Waals surface area contributed by atoms with Gasteiger partial charge in [0.25, 0.3) is 5.91 Å². The van der Waals surface area contributed by atoms with Gasteiger partial charge < -0.3 is 15.9 Å². The highest BCUT2D eigenvalue weighted by molar-refractivity contribution is 6.20. The summed E-state index contributed by atoms with van der Waals surface area (Å²) in [7, 11) is 0. The van der Waals surface area contributed by atoms with Crippen molar-refractivity contribution in [2.75, 3.05) is 0 Å². The molecule has 0 spiro atoms. The van der Waals surface area contributed by atoms with Crippen molar-refractivity contribution >= 4 is 17.5 Å². The maximum atomic E-state index is 13.8. The Kier molecular flexibility index (Phi) is 5.66. The second kappa shape index (κ2) is 8.50. The van der Waals surface area contributed by atoms with E-state index in [4.69, 9.17) is 5.73 Å². The van der Waals surface area contributed by atoms with Gasteiger partial charge in [-0.2, -0.15) is 0 Å². The largest absolute Gasteiger partial charge is 0.511 e. The zero-order valence-corrected chi connectivity index (χ0v) is 20.9. The molecule has 1 amide bonds. The fourth-order valence-corrected chi connectivity index (χ4v) is 6.17. The average molecular weight is 501 g/mol. The quantitative estimate of drug-likeness (QED) is 0.413. The molecule has 0 fully saturated rings. The number of nitrogens with two attached hydrogens (primary N) is 1. The van der Waals surface area contributed by atoms with E-state index in [0.717, 1.165) is 16.7 Å². The van der Waals surface area contributed by atoms with Gasteiger partial charge >= 0.3 is 0 Å². The number of benzene rings is 2. The zero-order chi connectivity index (χ0) is 26.8. The van der Waals surface area contributed by atoms with Crippen molar-refractivity contribution in [2.24, 2.45) is 28.7 Å². The maximum absolute atomic E-state index is 13.8. The van der Waals surface area contributed by atoms with E-state index in [1.165, 1.54) is 6.07 Å². The van der Waals surface area contributed by atoms with Gasteiger partial charge in [-0.05, 0) is 63.6 Å². The van der Waals surface area contributed by atoms with Gasteiger partial charge in [-0.25, -0.2) is 0 Å². The number of phenols is 1. The number of aromatic hydroxyl groups is 1. The predicted molar refractivity (Wildman–Crippen MR) is 137 cm³/mol. The third kappa shape index (κ3) is 3.79. The van der Waals surface area contributed by atoms with E-state index in [2.05, 4.69) is 25.9 Å². The number of primary amides is 1. The van der Waals surface area contributed by atoms with E-state index in [1.807, 2.05) is 24.3 Å². The lowest BCUT2D eigenvalue weighted by atomic mass is 9.62. The molecule has 0 aromatic heterocycles. The number of allylic oxidation sites excluding steroid dienone is 1. The van der Waals surface area contributed by atoms with Gasteiger partial charge in [-0.15, -0.1) is 4.91 Å². The number of rotatable bonds is 3. The van der Waals surface area contributed by atoms with Gasteiger partial charge in [-0.3, -0.25) is 14.4 Å². The van der Waals surface area contributed by atoms with E-state index >= 15 is 0 Å². The minimum atomic E-state index is -1.08. The van der Waals surface area contributed by atoms with Crippen molar-refractivity contribution < 1.29 is 24.6 Å². The lowest BCUT2D eigenvalue weighted by Crippen LogP contribution is -2.41. The van der Waals surface area contributed by atoms with Crippen LogP contribution in [0, 0.1) is 22.7 Å². The molecule has 0 saturated heterocycles. The van der Waals surface area contributed by atoms with Crippen LogP contribution in [0.2, 0.25) is 0 Å². The lowest BCUT2D eigenvalue weighted by Gasteiger charge is -2.41.